The molecule has 1 amide bonds. The number of amides is 1. The van der Waals surface area contributed by atoms with Crippen molar-refractivity contribution in [1.82, 2.24) is 4.90 Å². The molecular formula is C8H12ClF2NO2. The maximum Gasteiger partial charge on any atom is 0.267 e. The molecule has 1 atom stereocenters. The van der Waals surface area contributed by atoms with Crippen LogP contribution in [0.15, 0.2) is 0 Å². The maximum absolute atomic E-state index is 12.9. The molecule has 1 aliphatic heterocycles. The van der Waals surface area contributed by atoms with Gasteiger partial charge in [0.15, 0.2) is 0 Å². The Morgan fingerprint density at radius 1 is 1.64 bits per heavy atom. The van der Waals surface area contributed by atoms with E-state index >= 15 is 0 Å². The van der Waals surface area contributed by atoms with Crippen molar-refractivity contribution in [2.75, 3.05) is 19.0 Å². The molecule has 0 aromatic carbocycles. The highest BCUT2D eigenvalue weighted by Gasteiger charge is 2.46. The molecule has 0 radical (unpaired) electrons. The van der Waals surface area contributed by atoms with E-state index in [4.69, 9.17) is 16.7 Å². The zero-order chi connectivity index (χ0) is 10.8. The Balaban J connectivity index is 2.63. The molecule has 1 aliphatic rings. The van der Waals surface area contributed by atoms with Crippen LogP contribution >= 0.6 is 11.6 Å². The minimum atomic E-state index is -2.88. The zero-order valence-corrected chi connectivity index (χ0v) is 8.31. The lowest BCUT2D eigenvalue weighted by Crippen LogP contribution is -2.38. The van der Waals surface area contributed by atoms with Gasteiger partial charge in [-0.05, 0) is 0 Å². The van der Waals surface area contributed by atoms with Crippen LogP contribution in [0.1, 0.15) is 12.8 Å². The van der Waals surface area contributed by atoms with Crippen LogP contribution < -0.4 is 0 Å². The first-order valence-electron chi connectivity index (χ1n) is 4.34. The van der Waals surface area contributed by atoms with Crippen molar-refractivity contribution in [2.24, 2.45) is 0 Å². The van der Waals surface area contributed by atoms with Crippen LogP contribution in [0.25, 0.3) is 0 Å². The summed E-state index contributed by atoms with van der Waals surface area (Å²) in [5, 5.41) is 8.83. The van der Waals surface area contributed by atoms with Crippen LogP contribution in [0.4, 0.5) is 8.78 Å². The van der Waals surface area contributed by atoms with Gasteiger partial charge in [0.05, 0.1) is 19.2 Å². The third-order valence-corrected chi connectivity index (χ3v) is 2.41. The average molecular weight is 228 g/mol. The lowest BCUT2D eigenvalue weighted by atomic mass is 10.2. The van der Waals surface area contributed by atoms with Gasteiger partial charge in [-0.15, -0.1) is 11.6 Å². The van der Waals surface area contributed by atoms with Gasteiger partial charge in [-0.1, -0.05) is 0 Å². The SMILES string of the molecule is O=C(CCCl)N1CC(F)(F)C[C@H]1CO. The van der Waals surface area contributed by atoms with Gasteiger partial charge in [-0.2, -0.15) is 0 Å². The summed E-state index contributed by atoms with van der Waals surface area (Å²) < 4.78 is 25.8. The Bertz CT molecular complexity index is 225. The van der Waals surface area contributed by atoms with Gasteiger partial charge in [0.25, 0.3) is 5.92 Å². The molecule has 0 unspecified atom stereocenters. The smallest absolute Gasteiger partial charge is 0.267 e. The van der Waals surface area contributed by atoms with Crippen molar-refractivity contribution in [2.45, 2.75) is 24.8 Å². The van der Waals surface area contributed by atoms with Crippen molar-refractivity contribution >= 4 is 17.5 Å². The molecule has 0 spiro atoms. The lowest BCUT2D eigenvalue weighted by Gasteiger charge is -2.21. The highest BCUT2D eigenvalue weighted by Crippen LogP contribution is 2.32. The van der Waals surface area contributed by atoms with E-state index in [2.05, 4.69) is 0 Å². The number of alkyl halides is 3. The van der Waals surface area contributed by atoms with E-state index in [1.807, 2.05) is 0 Å². The molecule has 1 fully saturated rings. The largest absolute Gasteiger partial charge is 0.394 e. The average Bonchev–Trinajstić information content (AvgIpc) is 2.41. The molecule has 0 aromatic heterocycles. The molecule has 1 saturated heterocycles. The fourth-order valence-electron chi connectivity index (χ4n) is 1.58. The number of likely N-dealkylation sites (tertiary alicyclic amines) is 1. The van der Waals surface area contributed by atoms with Crippen LogP contribution in [-0.4, -0.2) is 46.9 Å². The summed E-state index contributed by atoms with van der Waals surface area (Å²) in [7, 11) is 0. The summed E-state index contributed by atoms with van der Waals surface area (Å²) in [4.78, 5) is 12.3. The topological polar surface area (TPSA) is 40.5 Å². The van der Waals surface area contributed by atoms with Gasteiger partial charge >= 0.3 is 0 Å². The number of carbonyl (C=O) groups excluding carboxylic acids is 1. The number of hydrogen-bond donors (Lipinski definition) is 1. The lowest BCUT2D eigenvalue weighted by molar-refractivity contribution is -0.133. The highest BCUT2D eigenvalue weighted by molar-refractivity contribution is 6.18. The van der Waals surface area contributed by atoms with E-state index in [-0.39, 0.29) is 12.3 Å². The minimum Gasteiger partial charge on any atom is -0.394 e. The highest BCUT2D eigenvalue weighted by atomic mass is 35.5. The van der Waals surface area contributed by atoms with Gasteiger partial charge in [-0.3, -0.25) is 4.79 Å². The van der Waals surface area contributed by atoms with Crippen molar-refractivity contribution in [3.63, 3.8) is 0 Å². The van der Waals surface area contributed by atoms with Crippen molar-refractivity contribution < 1.29 is 18.7 Å². The molecule has 3 nitrogen and oxygen atoms in total. The second-order valence-electron chi connectivity index (χ2n) is 3.36. The number of rotatable bonds is 3. The third-order valence-electron chi connectivity index (χ3n) is 2.22. The number of halogens is 3. The van der Waals surface area contributed by atoms with E-state index in [9.17, 15) is 13.6 Å². The second kappa shape index (κ2) is 4.40. The van der Waals surface area contributed by atoms with Gasteiger partial charge in [-0.25, -0.2) is 8.78 Å². The fraction of sp³-hybridized carbons (Fsp3) is 0.875. The fourth-order valence-corrected chi connectivity index (χ4v) is 1.74. The second-order valence-corrected chi connectivity index (χ2v) is 3.74. The molecule has 0 aliphatic carbocycles. The summed E-state index contributed by atoms with van der Waals surface area (Å²) in [5.74, 6) is -3.19. The quantitative estimate of drug-likeness (QED) is 0.726. The van der Waals surface area contributed by atoms with E-state index in [0.29, 0.717) is 0 Å². The van der Waals surface area contributed by atoms with Gasteiger partial charge in [0.1, 0.15) is 0 Å². The van der Waals surface area contributed by atoms with Gasteiger partial charge < -0.3 is 10.0 Å². The third kappa shape index (κ3) is 2.54. The van der Waals surface area contributed by atoms with Crippen LogP contribution in [0, 0.1) is 0 Å². The predicted octanol–water partition coefficient (Wildman–Crippen LogP) is 0.844. The zero-order valence-electron chi connectivity index (χ0n) is 7.55. The number of hydrogen-bond acceptors (Lipinski definition) is 2. The standard InChI is InChI=1S/C8H12ClF2NO2/c9-2-1-7(14)12-5-8(10,11)3-6(12)4-13/h6,13H,1-5H2/t6-/m0/s1. The van der Waals surface area contributed by atoms with Crippen LogP contribution in [0.5, 0.6) is 0 Å². The first-order chi connectivity index (χ1) is 6.50. The number of aliphatic hydroxyl groups is 1. The first-order valence-corrected chi connectivity index (χ1v) is 4.88. The summed E-state index contributed by atoms with van der Waals surface area (Å²) in [5.41, 5.74) is 0. The number of aliphatic hydroxyl groups excluding tert-OH is 1. The molecule has 0 saturated carbocycles. The number of nitrogens with zero attached hydrogens (tertiary/aromatic N) is 1. The summed E-state index contributed by atoms with van der Waals surface area (Å²) in [6, 6.07) is -0.763. The van der Waals surface area contributed by atoms with Crippen LogP contribution in [0.3, 0.4) is 0 Å². The minimum absolute atomic E-state index is 0.0358. The van der Waals surface area contributed by atoms with Crippen molar-refractivity contribution in [3.8, 4) is 0 Å². The van der Waals surface area contributed by atoms with Crippen molar-refractivity contribution in [1.29, 1.82) is 0 Å². The molecule has 0 bridgehead atoms. The monoisotopic (exact) mass is 227 g/mol. The predicted molar refractivity (Wildman–Crippen MR) is 47.5 cm³/mol. The molecule has 6 heteroatoms. The molecule has 1 heterocycles. The Morgan fingerprint density at radius 3 is 2.79 bits per heavy atom. The van der Waals surface area contributed by atoms with Gasteiger partial charge in [0.2, 0.25) is 5.91 Å². The molecule has 1 N–H and O–H groups in total. The normalized spacial score (nSPS) is 25.4. The molecule has 82 valence electrons. The molecule has 1 rings (SSSR count). The van der Waals surface area contributed by atoms with E-state index < -0.39 is 37.4 Å². The van der Waals surface area contributed by atoms with E-state index in [1.165, 1.54) is 0 Å². The molecule has 14 heavy (non-hydrogen) atoms. The van der Waals surface area contributed by atoms with Gasteiger partial charge in [0, 0.05) is 18.7 Å². The van der Waals surface area contributed by atoms with Crippen LogP contribution in [-0.2, 0) is 4.79 Å². The first kappa shape index (κ1) is 11.7. The molecular weight excluding hydrogens is 216 g/mol. The Kier molecular flexibility index (Phi) is 3.66. The van der Waals surface area contributed by atoms with Crippen LogP contribution in [0.2, 0.25) is 0 Å². The maximum atomic E-state index is 12.9. The van der Waals surface area contributed by atoms with Crippen molar-refractivity contribution in [3.05, 3.63) is 0 Å². The summed E-state index contributed by atoms with van der Waals surface area (Å²) in [6.07, 6.45) is -0.425. The van der Waals surface area contributed by atoms with E-state index in [0.717, 1.165) is 4.90 Å². The van der Waals surface area contributed by atoms with E-state index in [1.54, 1.807) is 0 Å². The number of carbonyl (C=O) groups is 1. The Hall–Kier alpha value is -0.420. The summed E-state index contributed by atoms with van der Waals surface area (Å²) in [6.45, 7) is -1.03. The summed E-state index contributed by atoms with van der Waals surface area (Å²) >= 11 is 5.34. The molecule has 0 aromatic rings. The Labute approximate surface area is 85.6 Å². The Morgan fingerprint density at radius 2 is 2.29 bits per heavy atom.